The number of amides is 1. The number of aryl methyl sites for hydroxylation is 1. The average molecular weight is 327 g/mol. The third kappa shape index (κ3) is 4.13. The summed E-state index contributed by atoms with van der Waals surface area (Å²) in [4.78, 5) is 17.1. The second kappa shape index (κ2) is 6.97. The molecule has 0 spiro atoms. The molecule has 0 bridgehead atoms. The molecule has 3 nitrogen and oxygen atoms in total. The minimum atomic E-state index is -0.157. The van der Waals surface area contributed by atoms with Crippen molar-refractivity contribution >= 4 is 46.7 Å². The lowest BCUT2D eigenvalue weighted by molar-refractivity contribution is -0.113. The maximum absolute atomic E-state index is 11.9. The number of rotatable bonds is 4. The number of thioether (sulfide) groups is 1. The highest BCUT2D eigenvalue weighted by atomic mass is 35.5. The average Bonchev–Trinajstić information content (AvgIpc) is 2.44. The molecule has 1 heterocycles. The number of carbonyl (C=O) groups excluding carboxylic acids is 1. The molecule has 1 aromatic heterocycles. The SMILES string of the molecule is Cc1nc(NC(=O)CSc2ccccc2)c(Cl)cc1Cl. The summed E-state index contributed by atoms with van der Waals surface area (Å²) in [5.74, 6) is 0.478. The standard InChI is InChI=1S/C14H12Cl2N2OS/c1-9-11(15)7-12(16)14(17-9)18-13(19)8-20-10-5-3-2-4-6-10/h2-7H,8H2,1H3,(H,17,18,19). The predicted molar refractivity (Wildman–Crippen MR) is 84.8 cm³/mol. The summed E-state index contributed by atoms with van der Waals surface area (Å²) >= 11 is 13.3. The van der Waals surface area contributed by atoms with E-state index in [9.17, 15) is 4.79 Å². The van der Waals surface area contributed by atoms with E-state index in [2.05, 4.69) is 10.3 Å². The number of carbonyl (C=O) groups is 1. The first-order valence-electron chi connectivity index (χ1n) is 5.86. The van der Waals surface area contributed by atoms with Crippen molar-refractivity contribution in [3.63, 3.8) is 0 Å². The van der Waals surface area contributed by atoms with Crippen molar-refractivity contribution in [1.82, 2.24) is 4.98 Å². The smallest absolute Gasteiger partial charge is 0.235 e. The fourth-order valence-electron chi connectivity index (χ4n) is 1.48. The minimum absolute atomic E-state index is 0.157. The Bertz CT molecular complexity index is 620. The molecular formula is C14H12Cl2N2OS. The van der Waals surface area contributed by atoms with Gasteiger partial charge < -0.3 is 5.32 Å². The van der Waals surface area contributed by atoms with E-state index in [1.165, 1.54) is 11.8 Å². The Morgan fingerprint density at radius 2 is 1.95 bits per heavy atom. The molecule has 20 heavy (non-hydrogen) atoms. The maximum atomic E-state index is 11.9. The molecule has 6 heteroatoms. The van der Waals surface area contributed by atoms with Crippen LogP contribution in [0.2, 0.25) is 10.0 Å². The van der Waals surface area contributed by atoms with Crippen LogP contribution in [-0.2, 0) is 4.79 Å². The molecule has 0 radical (unpaired) electrons. The van der Waals surface area contributed by atoms with Gasteiger partial charge in [0.25, 0.3) is 0 Å². The largest absolute Gasteiger partial charge is 0.309 e. The Labute approximate surface area is 131 Å². The highest BCUT2D eigenvalue weighted by Gasteiger charge is 2.10. The van der Waals surface area contributed by atoms with Crippen LogP contribution < -0.4 is 5.32 Å². The summed E-state index contributed by atoms with van der Waals surface area (Å²) in [5, 5.41) is 3.50. The number of aromatic nitrogens is 1. The maximum Gasteiger partial charge on any atom is 0.235 e. The summed E-state index contributed by atoms with van der Waals surface area (Å²) in [6, 6.07) is 11.3. The summed E-state index contributed by atoms with van der Waals surface area (Å²) in [6.07, 6.45) is 0. The molecule has 0 unspecified atom stereocenters. The van der Waals surface area contributed by atoms with Crippen molar-refractivity contribution in [2.75, 3.05) is 11.1 Å². The van der Waals surface area contributed by atoms with E-state index in [1.807, 2.05) is 30.3 Å². The highest BCUT2D eigenvalue weighted by Crippen LogP contribution is 2.26. The molecule has 0 atom stereocenters. The Morgan fingerprint density at radius 3 is 2.65 bits per heavy atom. The van der Waals surface area contributed by atoms with Gasteiger partial charge in [0.1, 0.15) is 0 Å². The van der Waals surface area contributed by atoms with Gasteiger partial charge in [0.05, 0.1) is 21.5 Å². The normalized spacial score (nSPS) is 10.3. The van der Waals surface area contributed by atoms with Gasteiger partial charge in [0.2, 0.25) is 5.91 Å². The van der Waals surface area contributed by atoms with Crippen LogP contribution in [0.4, 0.5) is 5.82 Å². The topological polar surface area (TPSA) is 42.0 Å². The molecule has 2 aromatic rings. The van der Waals surface area contributed by atoms with Gasteiger partial charge in [-0.3, -0.25) is 4.79 Å². The monoisotopic (exact) mass is 326 g/mol. The van der Waals surface area contributed by atoms with Gasteiger partial charge in [-0.05, 0) is 25.1 Å². The first kappa shape index (κ1) is 15.2. The molecule has 1 amide bonds. The summed E-state index contributed by atoms with van der Waals surface area (Å²) in [5.41, 5.74) is 0.627. The number of anilines is 1. The van der Waals surface area contributed by atoms with Crippen molar-refractivity contribution in [2.24, 2.45) is 0 Å². The Kier molecular flexibility index (Phi) is 5.29. The van der Waals surface area contributed by atoms with Crippen LogP contribution in [0.1, 0.15) is 5.69 Å². The number of nitrogens with one attached hydrogen (secondary N) is 1. The van der Waals surface area contributed by atoms with Crippen LogP contribution in [-0.4, -0.2) is 16.6 Å². The lowest BCUT2D eigenvalue weighted by Crippen LogP contribution is -2.15. The van der Waals surface area contributed by atoms with Crippen LogP contribution in [0.3, 0.4) is 0 Å². The van der Waals surface area contributed by atoms with E-state index in [-0.39, 0.29) is 5.91 Å². The molecular weight excluding hydrogens is 315 g/mol. The van der Waals surface area contributed by atoms with Crippen molar-refractivity contribution in [1.29, 1.82) is 0 Å². The fraction of sp³-hybridized carbons (Fsp3) is 0.143. The first-order valence-corrected chi connectivity index (χ1v) is 7.61. The van der Waals surface area contributed by atoms with Crippen LogP contribution in [0.25, 0.3) is 0 Å². The van der Waals surface area contributed by atoms with E-state index in [0.29, 0.717) is 27.3 Å². The van der Waals surface area contributed by atoms with Crippen molar-refractivity contribution in [2.45, 2.75) is 11.8 Å². The van der Waals surface area contributed by atoms with Gasteiger partial charge in [-0.2, -0.15) is 0 Å². The van der Waals surface area contributed by atoms with Gasteiger partial charge in [-0.1, -0.05) is 41.4 Å². The third-order valence-electron chi connectivity index (χ3n) is 2.48. The van der Waals surface area contributed by atoms with E-state index < -0.39 is 0 Å². The molecule has 1 aromatic carbocycles. The Balaban J connectivity index is 1.97. The van der Waals surface area contributed by atoms with Crippen LogP contribution in [0, 0.1) is 6.92 Å². The van der Waals surface area contributed by atoms with E-state index in [1.54, 1.807) is 13.0 Å². The zero-order valence-corrected chi connectivity index (χ0v) is 13.0. The van der Waals surface area contributed by atoms with E-state index in [0.717, 1.165) is 4.90 Å². The minimum Gasteiger partial charge on any atom is -0.309 e. The number of hydrogen-bond acceptors (Lipinski definition) is 3. The molecule has 104 valence electrons. The fourth-order valence-corrected chi connectivity index (χ4v) is 2.61. The second-order valence-corrected chi connectivity index (χ2v) is 5.90. The summed E-state index contributed by atoms with van der Waals surface area (Å²) < 4.78 is 0. The quantitative estimate of drug-likeness (QED) is 0.845. The molecule has 0 saturated carbocycles. The highest BCUT2D eigenvalue weighted by molar-refractivity contribution is 8.00. The lowest BCUT2D eigenvalue weighted by Gasteiger charge is -2.08. The van der Waals surface area contributed by atoms with Crippen LogP contribution >= 0.6 is 35.0 Å². The van der Waals surface area contributed by atoms with Gasteiger partial charge in [0, 0.05) is 4.90 Å². The first-order chi connectivity index (χ1) is 9.56. The summed E-state index contributed by atoms with van der Waals surface area (Å²) in [7, 11) is 0. The predicted octanol–water partition coefficient (Wildman–Crippen LogP) is 4.43. The van der Waals surface area contributed by atoms with Crippen LogP contribution in [0.15, 0.2) is 41.3 Å². The molecule has 0 aliphatic rings. The molecule has 0 aliphatic heterocycles. The molecule has 0 fully saturated rings. The van der Waals surface area contributed by atoms with E-state index in [4.69, 9.17) is 23.2 Å². The molecule has 1 N–H and O–H groups in total. The molecule has 0 aliphatic carbocycles. The van der Waals surface area contributed by atoms with Gasteiger partial charge in [-0.25, -0.2) is 4.98 Å². The van der Waals surface area contributed by atoms with Crippen molar-refractivity contribution in [3.05, 3.63) is 52.1 Å². The number of nitrogens with zero attached hydrogens (tertiary/aromatic N) is 1. The number of halogens is 2. The zero-order valence-electron chi connectivity index (χ0n) is 10.7. The van der Waals surface area contributed by atoms with Gasteiger partial charge in [-0.15, -0.1) is 11.8 Å². The zero-order chi connectivity index (χ0) is 14.5. The second-order valence-electron chi connectivity index (χ2n) is 4.04. The van der Waals surface area contributed by atoms with Gasteiger partial charge >= 0.3 is 0 Å². The third-order valence-corrected chi connectivity index (χ3v) is 4.16. The van der Waals surface area contributed by atoms with Crippen molar-refractivity contribution in [3.8, 4) is 0 Å². The number of hydrogen-bond donors (Lipinski definition) is 1. The number of pyridine rings is 1. The molecule has 0 saturated heterocycles. The summed E-state index contributed by atoms with van der Waals surface area (Å²) in [6.45, 7) is 1.76. The Hall–Kier alpha value is -1.23. The number of benzene rings is 1. The Morgan fingerprint density at radius 1 is 1.25 bits per heavy atom. The lowest BCUT2D eigenvalue weighted by atomic mass is 10.3. The van der Waals surface area contributed by atoms with Crippen LogP contribution in [0.5, 0.6) is 0 Å². The van der Waals surface area contributed by atoms with Crippen molar-refractivity contribution < 1.29 is 4.79 Å². The van der Waals surface area contributed by atoms with Gasteiger partial charge in [0.15, 0.2) is 5.82 Å². The van der Waals surface area contributed by atoms with E-state index >= 15 is 0 Å². The molecule has 2 rings (SSSR count).